The zero-order valence-corrected chi connectivity index (χ0v) is 22.0. The largest absolute Gasteiger partial charge is 0.463 e. The number of benzene rings is 1. The molecule has 7 nitrogen and oxygen atoms in total. The fourth-order valence-electron chi connectivity index (χ4n) is 5.34. The first-order valence-electron chi connectivity index (χ1n) is 14.1. The van der Waals surface area contributed by atoms with Gasteiger partial charge < -0.3 is 20.5 Å². The van der Waals surface area contributed by atoms with E-state index in [4.69, 9.17) is 4.74 Å². The van der Waals surface area contributed by atoms with E-state index in [1.54, 1.807) is 0 Å². The number of esters is 1. The number of hydrogen-bond donors (Lipinski definition) is 3. The smallest absolute Gasteiger partial charge is 0.305 e. The molecule has 0 unspecified atom stereocenters. The lowest BCUT2D eigenvalue weighted by molar-refractivity contribution is -0.145. The molecule has 1 aromatic carbocycles. The molecule has 1 heterocycles. The summed E-state index contributed by atoms with van der Waals surface area (Å²) in [6.07, 6.45) is 14.6. The van der Waals surface area contributed by atoms with Gasteiger partial charge in [0.05, 0.1) is 24.6 Å². The molecule has 1 aromatic rings. The van der Waals surface area contributed by atoms with Crippen molar-refractivity contribution in [1.29, 1.82) is 0 Å². The molecule has 1 aliphatic heterocycles. The molecule has 204 valence electrons. The number of aliphatic hydroxyl groups is 1. The van der Waals surface area contributed by atoms with E-state index in [1.807, 2.05) is 42.5 Å². The van der Waals surface area contributed by atoms with Crippen molar-refractivity contribution in [2.45, 2.75) is 95.6 Å². The zero-order valence-electron chi connectivity index (χ0n) is 22.0. The second-order valence-corrected chi connectivity index (χ2v) is 10.6. The third-order valence-corrected chi connectivity index (χ3v) is 7.44. The van der Waals surface area contributed by atoms with Crippen LogP contribution in [-0.4, -0.2) is 48.2 Å². The highest BCUT2D eigenvalue weighted by molar-refractivity contribution is 5.86. The number of hydrogen-bond acceptors (Lipinski definition) is 5. The van der Waals surface area contributed by atoms with Gasteiger partial charge in [-0.3, -0.25) is 14.4 Å². The lowest BCUT2D eigenvalue weighted by Crippen LogP contribution is -2.45. The Labute approximate surface area is 221 Å². The summed E-state index contributed by atoms with van der Waals surface area (Å²) in [4.78, 5) is 38.5. The highest BCUT2D eigenvalue weighted by Crippen LogP contribution is 2.28. The predicted octanol–water partition coefficient (Wildman–Crippen LogP) is 4.23. The Bertz CT molecular complexity index is 866. The van der Waals surface area contributed by atoms with Crippen LogP contribution in [0.4, 0.5) is 0 Å². The van der Waals surface area contributed by atoms with Gasteiger partial charge in [-0.05, 0) is 50.0 Å². The van der Waals surface area contributed by atoms with Crippen molar-refractivity contribution in [3.63, 3.8) is 0 Å². The van der Waals surface area contributed by atoms with Gasteiger partial charge in [0.15, 0.2) is 0 Å². The maximum absolute atomic E-state index is 13.4. The van der Waals surface area contributed by atoms with E-state index in [9.17, 15) is 19.5 Å². The lowest BCUT2D eigenvalue weighted by Gasteiger charge is -2.28. The third kappa shape index (κ3) is 11.1. The summed E-state index contributed by atoms with van der Waals surface area (Å²) >= 11 is 0. The summed E-state index contributed by atoms with van der Waals surface area (Å²) in [6.45, 7) is 0.00568. The highest BCUT2D eigenvalue weighted by Gasteiger charge is 2.27. The molecule has 7 heteroatoms. The number of rotatable bonds is 8. The van der Waals surface area contributed by atoms with E-state index in [0.717, 1.165) is 44.1 Å². The van der Waals surface area contributed by atoms with Gasteiger partial charge in [0.25, 0.3) is 0 Å². The van der Waals surface area contributed by atoms with Gasteiger partial charge in [-0.1, -0.05) is 74.6 Å². The van der Waals surface area contributed by atoms with Gasteiger partial charge in [-0.2, -0.15) is 0 Å². The Kier molecular flexibility index (Phi) is 12.7. The van der Waals surface area contributed by atoms with Crippen LogP contribution in [0.15, 0.2) is 42.5 Å². The summed E-state index contributed by atoms with van der Waals surface area (Å²) < 4.78 is 5.55. The molecule has 0 spiro atoms. The Morgan fingerprint density at radius 3 is 2.59 bits per heavy atom. The number of amides is 2. The third-order valence-electron chi connectivity index (χ3n) is 7.44. The number of carbonyl (C=O) groups excluding carboxylic acids is 3. The second-order valence-electron chi connectivity index (χ2n) is 10.6. The number of cyclic esters (lactones) is 1. The summed E-state index contributed by atoms with van der Waals surface area (Å²) in [6, 6.07) is 9.05. The van der Waals surface area contributed by atoms with Crippen molar-refractivity contribution >= 4 is 17.8 Å². The maximum atomic E-state index is 13.4. The van der Waals surface area contributed by atoms with E-state index in [2.05, 4.69) is 10.6 Å². The van der Waals surface area contributed by atoms with Crippen LogP contribution in [0.25, 0.3) is 0 Å². The van der Waals surface area contributed by atoms with Crippen LogP contribution in [0, 0.1) is 11.8 Å². The van der Waals surface area contributed by atoms with Crippen molar-refractivity contribution in [1.82, 2.24) is 10.6 Å². The molecule has 37 heavy (non-hydrogen) atoms. The zero-order chi connectivity index (χ0) is 26.3. The predicted molar refractivity (Wildman–Crippen MR) is 144 cm³/mol. The van der Waals surface area contributed by atoms with Crippen LogP contribution in [0.1, 0.15) is 82.6 Å². The Morgan fingerprint density at radius 1 is 1.05 bits per heavy atom. The molecule has 1 fully saturated rings. The van der Waals surface area contributed by atoms with Gasteiger partial charge >= 0.3 is 5.97 Å². The van der Waals surface area contributed by atoms with Gasteiger partial charge in [0.1, 0.15) is 6.61 Å². The molecule has 0 bridgehead atoms. The Morgan fingerprint density at radius 2 is 1.84 bits per heavy atom. The van der Waals surface area contributed by atoms with E-state index in [-0.39, 0.29) is 43.5 Å². The van der Waals surface area contributed by atoms with Crippen molar-refractivity contribution < 1.29 is 24.2 Å². The Hall–Kier alpha value is -2.67. The number of allylic oxidation sites excluding steroid dienone is 2. The fraction of sp³-hybridized carbons (Fsp3) is 0.633. The van der Waals surface area contributed by atoms with Crippen molar-refractivity contribution in [2.75, 3.05) is 13.2 Å². The number of ether oxygens (including phenoxy) is 1. The maximum Gasteiger partial charge on any atom is 0.305 e. The molecule has 2 aliphatic rings. The first kappa shape index (κ1) is 28.9. The molecule has 1 saturated carbocycles. The summed E-state index contributed by atoms with van der Waals surface area (Å²) in [5, 5.41) is 15.8. The van der Waals surface area contributed by atoms with Gasteiger partial charge in [0.2, 0.25) is 11.8 Å². The number of aliphatic hydroxyl groups excluding tert-OH is 1. The summed E-state index contributed by atoms with van der Waals surface area (Å²) in [7, 11) is 0. The molecule has 0 saturated heterocycles. The van der Waals surface area contributed by atoms with Gasteiger partial charge in [-0.15, -0.1) is 0 Å². The lowest BCUT2D eigenvalue weighted by atomic mass is 9.84. The normalized spacial score (nSPS) is 23.4. The molecule has 1 aliphatic carbocycles. The minimum absolute atomic E-state index is 0.0391. The molecule has 3 rings (SSSR count). The van der Waals surface area contributed by atoms with E-state index < -0.39 is 12.0 Å². The number of nitrogens with one attached hydrogen (secondary N) is 2. The molecular weight excluding hydrogens is 468 g/mol. The Balaban J connectivity index is 1.64. The first-order valence-corrected chi connectivity index (χ1v) is 14.1. The molecule has 2 amide bonds. The SMILES string of the molecule is O=C(C[C@H]1CC=CCCCCC(=O)OC[C@H](CC2CCCCC2)NC1=O)N[C@@H](CO)Cc1ccccc1. The minimum Gasteiger partial charge on any atom is -0.463 e. The van der Waals surface area contributed by atoms with Crippen molar-refractivity contribution in [3.8, 4) is 0 Å². The molecule has 3 N–H and O–H groups in total. The van der Waals surface area contributed by atoms with Crippen LogP contribution in [0.3, 0.4) is 0 Å². The minimum atomic E-state index is -0.528. The fourth-order valence-corrected chi connectivity index (χ4v) is 5.34. The van der Waals surface area contributed by atoms with Crippen molar-refractivity contribution in [3.05, 3.63) is 48.0 Å². The van der Waals surface area contributed by atoms with Gasteiger partial charge in [-0.25, -0.2) is 0 Å². The van der Waals surface area contributed by atoms with Crippen LogP contribution < -0.4 is 10.6 Å². The number of carbonyl (C=O) groups is 3. The van der Waals surface area contributed by atoms with Gasteiger partial charge in [0, 0.05) is 12.8 Å². The van der Waals surface area contributed by atoms with Crippen LogP contribution in [0.2, 0.25) is 0 Å². The van der Waals surface area contributed by atoms with Crippen LogP contribution in [-0.2, 0) is 25.5 Å². The van der Waals surface area contributed by atoms with E-state index in [0.29, 0.717) is 25.2 Å². The molecular formula is C30H44N2O5. The second kappa shape index (κ2) is 16.2. The average molecular weight is 513 g/mol. The molecule has 0 radical (unpaired) electrons. The highest BCUT2D eigenvalue weighted by atomic mass is 16.5. The van der Waals surface area contributed by atoms with E-state index >= 15 is 0 Å². The topological polar surface area (TPSA) is 105 Å². The van der Waals surface area contributed by atoms with E-state index in [1.165, 1.54) is 19.3 Å². The van der Waals surface area contributed by atoms with Crippen LogP contribution >= 0.6 is 0 Å². The molecule has 0 aromatic heterocycles. The quantitative estimate of drug-likeness (QED) is 0.357. The summed E-state index contributed by atoms with van der Waals surface area (Å²) in [5.41, 5.74) is 1.03. The molecule has 3 atom stereocenters. The standard InChI is InChI=1S/C30H44N2O5/c33-21-26(18-23-12-6-4-7-13-23)31-28(34)20-25-16-10-2-1-3-11-17-29(35)37-22-27(32-30(25)36)19-24-14-8-5-9-15-24/h2,4,6-7,10,12-13,24-27,33H,1,3,5,8-9,11,14-22H2,(H,31,34)(H,32,36)/t25-,26-,27+/m1/s1. The summed E-state index contributed by atoms with van der Waals surface area (Å²) in [5.74, 6) is -0.660. The average Bonchev–Trinajstić information content (AvgIpc) is 2.90. The van der Waals surface area contributed by atoms with Crippen molar-refractivity contribution in [2.24, 2.45) is 11.8 Å². The monoisotopic (exact) mass is 512 g/mol. The first-order chi connectivity index (χ1) is 18.0. The van der Waals surface area contributed by atoms with Crippen LogP contribution in [0.5, 0.6) is 0 Å².